The highest BCUT2D eigenvalue weighted by Crippen LogP contribution is 2.48. The highest BCUT2D eigenvalue weighted by Gasteiger charge is 2.44. The Balaban J connectivity index is 1.61. The summed E-state index contributed by atoms with van der Waals surface area (Å²) >= 11 is 6.32. The molecule has 0 aromatic rings. The van der Waals surface area contributed by atoms with E-state index in [1.165, 1.54) is 57.8 Å². The van der Waals surface area contributed by atoms with E-state index < -0.39 is 0 Å². The first kappa shape index (κ1) is 11.3. The maximum atomic E-state index is 6.32. The fourth-order valence-corrected chi connectivity index (χ4v) is 4.36. The summed E-state index contributed by atoms with van der Waals surface area (Å²) in [5.74, 6) is 1.81. The Labute approximate surface area is 104 Å². The minimum absolute atomic E-state index is 0.322. The van der Waals surface area contributed by atoms with Gasteiger partial charge in [-0.25, -0.2) is 0 Å². The monoisotopic (exact) mass is 242 g/mol. The molecule has 0 aromatic carbocycles. The van der Waals surface area contributed by atoms with E-state index in [4.69, 9.17) is 16.3 Å². The molecule has 3 unspecified atom stereocenters. The summed E-state index contributed by atoms with van der Waals surface area (Å²) in [7, 11) is 0. The van der Waals surface area contributed by atoms with Crippen LogP contribution in [0.15, 0.2) is 0 Å². The van der Waals surface area contributed by atoms with Crippen LogP contribution in [0.2, 0.25) is 0 Å². The number of hydrogen-bond donors (Lipinski definition) is 0. The first-order chi connectivity index (χ1) is 7.77. The van der Waals surface area contributed by atoms with Gasteiger partial charge in [0.1, 0.15) is 0 Å². The van der Waals surface area contributed by atoms with Gasteiger partial charge in [0.15, 0.2) is 0 Å². The van der Waals surface area contributed by atoms with Crippen LogP contribution in [0.4, 0.5) is 0 Å². The topological polar surface area (TPSA) is 9.23 Å². The van der Waals surface area contributed by atoms with Crippen LogP contribution in [0.1, 0.15) is 57.8 Å². The predicted molar refractivity (Wildman–Crippen MR) is 66.9 cm³/mol. The second-order valence-electron chi connectivity index (χ2n) is 6.16. The zero-order valence-electron chi connectivity index (χ0n) is 10.1. The average molecular weight is 243 g/mol. The maximum absolute atomic E-state index is 6.32. The van der Waals surface area contributed by atoms with Crippen molar-refractivity contribution in [1.82, 2.24) is 0 Å². The van der Waals surface area contributed by atoms with Crippen molar-refractivity contribution < 1.29 is 4.74 Å². The minimum atomic E-state index is 0.322. The Hall–Kier alpha value is 0.250. The number of alkyl halides is 1. The van der Waals surface area contributed by atoms with Gasteiger partial charge in [0.25, 0.3) is 0 Å². The molecule has 1 heterocycles. The van der Waals surface area contributed by atoms with Crippen LogP contribution < -0.4 is 0 Å². The summed E-state index contributed by atoms with van der Waals surface area (Å²) in [5, 5.41) is 0.457. The second-order valence-corrected chi connectivity index (χ2v) is 6.78. The van der Waals surface area contributed by atoms with Crippen molar-refractivity contribution in [3.05, 3.63) is 0 Å². The summed E-state index contributed by atoms with van der Waals surface area (Å²) in [5.41, 5.74) is 0.322. The SMILES string of the molecule is ClC1CCCC(C2CCOC3(CCC3)C2)C1. The fraction of sp³-hybridized carbons (Fsp3) is 1.00. The summed E-state index contributed by atoms with van der Waals surface area (Å²) in [4.78, 5) is 0. The highest BCUT2D eigenvalue weighted by molar-refractivity contribution is 6.20. The highest BCUT2D eigenvalue weighted by atomic mass is 35.5. The van der Waals surface area contributed by atoms with Crippen molar-refractivity contribution in [2.75, 3.05) is 6.61 Å². The lowest BCUT2D eigenvalue weighted by Gasteiger charge is -2.49. The quantitative estimate of drug-likeness (QED) is 0.629. The van der Waals surface area contributed by atoms with E-state index in [9.17, 15) is 0 Å². The van der Waals surface area contributed by atoms with E-state index in [1.807, 2.05) is 0 Å². The van der Waals surface area contributed by atoms with Gasteiger partial charge in [-0.1, -0.05) is 12.8 Å². The molecule has 2 saturated carbocycles. The summed E-state index contributed by atoms with van der Waals surface area (Å²) in [6.07, 6.45) is 11.9. The minimum Gasteiger partial charge on any atom is -0.375 e. The van der Waals surface area contributed by atoms with E-state index in [0.29, 0.717) is 11.0 Å². The Morgan fingerprint density at radius 3 is 2.56 bits per heavy atom. The van der Waals surface area contributed by atoms with Crippen molar-refractivity contribution in [3.63, 3.8) is 0 Å². The molecule has 1 aliphatic heterocycles. The molecule has 0 N–H and O–H groups in total. The van der Waals surface area contributed by atoms with Gasteiger partial charge in [-0.3, -0.25) is 0 Å². The van der Waals surface area contributed by atoms with Crippen LogP contribution in [0.25, 0.3) is 0 Å². The average Bonchev–Trinajstić information content (AvgIpc) is 2.27. The largest absolute Gasteiger partial charge is 0.375 e. The molecular formula is C14H23ClO. The van der Waals surface area contributed by atoms with Crippen molar-refractivity contribution >= 4 is 11.6 Å². The Kier molecular flexibility index (Phi) is 3.19. The zero-order chi connectivity index (χ0) is 11.0. The molecule has 3 aliphatic rings. The summed E-state index contributed by atoms with van der Waals surface area (Å²) in [6, 6.07) is 0. The molecule has 0 aromatic heterocycles. The maximum Gasteiger partial charge on any atom is 0.0685 e. The van der Waals surface area contributed by atoms with E-state index in [0.717, 1.165) is 18.4 Å². The van der Waals surface area contributed by atoms with Gasteiger partial charge in [-0.2, -0.15) is 0 Å². The third kappa shape index (κ3) is 2.13. The molecule has 1 spiro atoms. The van der Waals surface area contributed by atoms with Gasteiger partial charge in [-0.05, 0) is 56.8 Å². The molecule has 0 radical (unpaired) electrons. The molecule has 0 amide bonds. The van der Waals surface area contributed by atoms with Crippen molar-refractivity contribution in [3.8, 4) is 0 Å². The van der Waals surface area contributed by atoms with Crippen LogP contribution in [-0.4, -0.2) is 17.6 Å². The molecule has 16 heavy (non-hydrogen) atoms. The van der Waals surface area contributed by atoms with Gasteiger partial charge in [0, 0.05) is 12.0 Å². The standard InChI is InChI=1S/C14H23ClO/c15-13-4-1-3-11(9-13)12-5-8-16-14(10-12)6-2-7-14/h11-13H,1-10H2. The van der Waals surface area contributed by atoms with E-state index in [-0.39, 0.29) is 0 Å². The van der Waals surface area contributed by atoms with E-state index >= 15 is 0 Å². The van der Waals surface area contributed by atoms with Gasteiger partial charge in [-0.15, -0.1) is 11.6 Å². The predicted octanol–water partition coefficient (Wildman–Crippen LogP) is 4.13. The van der Waals surface area contributed by atoms with Gasteiger partial charge in [0.05, 0.1) is 5.60 Å². The summed E-state index contributed by atoms with van der Waals surface area (Å²) < 4.78 is 6.02. The third-order valence-corrected chi connectivity index (χ3v) is 5.51. The van der Waals surface area contributed by atoms with Gasteiger partial charge >= 0.3 is 0 Å². The number of ether oxygens (including phenoxy) is 1. The Morgan fingerprint density at radius 1 is 1.00 bits per heavy atom. The van der Waals surface area contributed by atoms with Gasteiger partial charge in [0.2, 0.25) is 0 Å². The number of rotatable bonds is 1. The number of hydrogen-bond acceptors (Lipinski definition) is 1. The van der Waals surface area contributed by atoms with Crippen molar-refractivity contribution in [2.45, 2.75) is 68.8 Å². The lowest BCUT2D eigenvalue weighted by Crippen LogP contribution is -2.47. The van der Waals surface area contributed by atoms with Crippen LogP contribution in [-0.2, 0) is 4.74 Å². The molecule has 3 atom stereocenters. The van der Waals surface area contributed by atoms with Crippen molar-refractivity contribution in [2.24, 2.45) is 11.8 Å². The van der Waals surface area contributed by atoms with Gasteiger partial charge < -0.3 is 4.74 Å². The zero-order valence-corrected chi connectivity index (χ0v) is 10.8. The molecule has 0 bridgehead atoms. The molecule has 2 heteroatoms. The molecule has 92 valence electrons. The lowest BCUT2D eigenvalue weighted by molar-refractivity contribution is -0.151. The van der Waals surface area contributed by atoms with Crippen LogP contribution in [0, 0.1) is 11.8 Å². The smallest absolute Gasteiger partial charge is 0.0685 e. The van der Waals surface area contributed by atoms with Crippen LogP contribution >= 0.6 is 11.6 Å². The van der Waals surface area contributed by atoms with Crippen LogP contribution in [0.3, 0.4) is 0 Å². The third-order valence-electron chi connectivity index (χ3n) is 5.11. The normalized spacial score (nSPS) is 42.9. The van der Waals surface area contributed by atoms with E-state index in [2.05, 4.69) is 0 Å². The molecule has 3 fully saturated rings. The molecule has 1 saturated heterocycles. The lowest BCUT2D eigenvalue weighted by atomic mass is 9.66. The molecule has 1 nitrogen and oxygen atoms in total. The second kappa shape index (κ2) is 4.49. The molecule has 3 rings (SSSR count). The van der Waals surface area contributed by atoms with Crippen LogP contribution in [0.5, 0.6) is 0 Å². The first-order valence-electron chi connectivity index (χ1n) is 7.05. The summed E-state index contributed by atoms with van der Waals surface area (Å²) in [6.45, 7) is 1.01. The van der Waals surface area contributed by atoms with E-state index in [1.54, 1.807) is 0 Å². The fourth-order valence-electron chi connectivity index (χ4n) is 3.98. The first-order valence-corrected chi connectivity index (χ1v) is 7.49. The molecular weight excluding hydrogens is 220 g/mol. The Bertz CT molecular complexity index is 249. The van der Waals surface area contributed by atoms with Crippen molar-refractivity contribution in [1.29, 1.82) is 0 Å². The Morgan fingerprint density at radius 2 is 1.88 bits per heavy atom. The number of halogens is 1. The molecule has 2 aliphatic carbocycles.